The maximum Gasteiger partial charge on any atom is 0.0897 e. The summed E-state index contributed by atoms with van der Waals surface area (Å²) in [5.74, 6) is 0.773. The van der Waals surface area contributed by atoms with Gasteiger partial charge in [-0.2, -0.15) is 0 Å². The lowest BCUT2D eigenvalue weighted by atomic mass is 10.2. The highest BCUT2D eigenvalue weighted by molar-refractivity contribution is 4.72. The number of rotatable bonds is 11. The monoisotopic (exact) mass is 258 g/mol. The molecule has 18 heavy (non-hydrogen) atoms. The predicted octanol–water partition coefficient (Wildman–Crippen LogP) is 1.09. The Balaban J connectivity index is 1.89. The first-order valence-electron chi connectivity index (χ1n) is 7.30. The highest BCUT2D eigenvalue weighted by Crippen LogP contribution is 2.28. The van der Waals surface area contributed by atoms with Crippen molar-refractivity contribution in [1.82, 2.24) is 10.2 Å². The second-order valence-electron chi connectivity index (χ2n) is 5.58. The van der Waals surface area contributed by atoms with Crippen molar-refractivity contribution in [3.8, 4) is 0 Å². The minimum Gasteiger partial charge on any atom is -0.389 e. The molecule has 0 heterocycles. The van der Waals surface area contributed by atoms with Crippen molar-refractivity contribution in [3.05, 3.63) is 0 Å². The van der Waals surface area contributed by atoms with E-state index in [1.165, 1.54) is 19.3 Å². The van der Waals surface area contributed by atoms with Crippen molar-refractivity contribution in [2.45, 2.75) is 45.3 Å². The van der Waals surface area contributed by atoms with Crippen molar-refractivity contribution in [3.63, 3.8) is 0 Å². The van der Waals surface area contributed by atoms with Crippen molar-refractivity contribution in [2.75, 3.05) is 39.9 Å². The van der Waals surface area contributed by atoms with Gasteiger partial charge < -0.3 is 20.1 Å². The zero-order chi connectivity index (χ0) is 13.4. The van der Waals surface area contributed by atoms with E-state index in [9.17, 15) is 5.11 Å². The van der Waals surface area contributed by atoms with Gasteiger partial charge in [0.05, 0.1) is 12.7 Å². The van der Waals surface area contributed by atoms with Crippen LogP contribution in [0.3, 0.4) is 0 Å². The van der Waals surface area contributed by atoms with E-state index in [4.69, 9.17) is 4.74 Å². The van der Waals surface area contributed by atoms with Crippen LogP contribution in [0.5, 0.6) is 0 Å². The summed E-state index contributed by atoms with van der Waals surface area (Å²) in [5, 5.41) is 13.0. The predicted molar refractivity (Wildman–Crippen MR) is 74.8 cm³/mol. The molecule has 1 rings (SSSR count). The molecule has 0 bridgehead atoms. The maximum absolute atomic E-state index is 9.70. The average molecular weight is 258 g/mol. The number of ether oxygens (including phenoxy) is 1. The van der Waals surface area contributed by atoms with Gasteiger partial charge in [-0.05, 0) is 39.2 Å². The quantitative estimate of drug-likeness (QED) is 0.545. The Hall–Kier alpha value is -0.160. The Morgan fingerprint density at radius 3 is 2.78 bits per heavy atom. The molecule has 2 N–H and O–H groups in total. The highest BCUT2D eigenvalue weighted by Gasteiger charge is 2.21. The number of likely N-dealkylation sites (N-methyl/N-ethyl adjacent to an activating group) is 1. The van der Waals surface area contributed by atoms with Crippen LogP contribution in [-0.2, 0) is 4.74 Å². The second-order valence-corrected chi connectivity index (χ2v) is 5.58. The molecule has 0 spiro atoms. The normalized spacial score (nSPS) is 19.2. The van der Waals surface area contributed by atoms with Gasteiger partial charge in [-0.1, -0.05) is 6.92 Å². The van der Waals surface area contributed by atoms with Gasteiger partial charge in [-0.25, -0.2) is 0 Å². The molecule has 0 aromatic heterocycles. The molecule has 1 aliphatic rings. The molecular weight excluding hydrogens is 228 g/mol. The third-order valence-corrected chi connectivity index (χ3v) is 3.73. The maximum atomic E-state index is 9.70. The summed E-state index contributed by atoms with van der Waals surface area (Å²) >= 11 is 0. The topological polar surface area (TPSA) is 44.7 Å². The standard InChI is InChI=1S/C14H30N2O2/c1-4-12(2)16(3)8-7-15-9-14(17)11-18-10-13-5-6-13/h12-15,17H,4-11H2,1-3H3. The van der Waals surface area contributed by atoms with Gasteiger partial charge in [-0.3, -0.25) is 0 Å². The lowest BCUT2D eigenvalue weighted by molar-refractivity contribution is 0.0323. The van der Waals surface area contributed by atoms with E-state index in [0.717, 1.165) is 25.6 Å². The van der Waals surface area contributed by atoms with Crippen LogP contribution in [0.4, 0.5) is 0 Å². The smallest absolute Gasteiger partial charge is 0.0897 e. The molecule has 0 saturated heterocycles. The number of hydrogen-bond donors (Lipinski definition) is 2. The number of hydrogen-bond acceptors (Lipinski definition) is 4. The SMILES string of the molecule is CCC(C)N(C)CCNCC(O)COCC1CC1. The van der Waals surface area contributed by atoms with Crippen LogP contribution in [0.2, 0.25) is 0 Å². The van der Waals surface area contributed by atoms with Crippen molar-refractivity contribution in [1.29, 1.82) is 0 Å². The van der Waals surface area contributed by atoms with E-state index in [-0.39, 0.29) is 6.10 Å². The van der Waals surface area contributed by atoms with Gasteiger partial charge >= 0.3 is 0 Å². The first-order chi connectivity index (χ1) is 8.63. The van der Waals surface area contributed by atoms with E-state index in [1.807, 2.05) is 0 Å². The first-order valence-corrected chi connectivity index (χ1v) is 7.30. The Morgan fingerprint density at radius 2 is 2.17 bits per heavy atom. The van der Waals surface area contributed by atoms with E-state index in [1.54, 1.807) is 0 Å². The van der Waals surface area contributed by atoms with Crippen LogP contribution in [-0.4, -0.2) is 62.0 Å². The van der Waals surface area contributed by atoms with Crippen molar-refractivity contribution < 1.29 is 9.84 Å². The van der Waals surface area contributed by atoms with Gasteiger partial charge in [0.2, 0.25) is 0 Å². The summed E-state index contributed by atoms with van der Waals surface area (Å²) in [6.45, 7) is 8.29. The van der Waals surface area contributed by atoms with E-state index in [0.29, 0.717) is 19.2 Å². The third-order valence-electron chi connectivity index (χ3n) is 3.73. The largest absolute Gasteiger partial charge is 0.389 e. The molecule has 1 aliphatic carbocycles. The zero-order valence-electron chi connectivity index (χ0n) is 12.2. The van der Waals surface area contributed by atoms with Crippen LogP contribution in [0.25, 0.3) is 0 Å². The summed E-state index contributed by atoms with van der Waals surface area (Å²) < 4.78 is 5.45. The summed E-state index contributed by atoms with van der Waals surface area (Å²) in [5.41, 5.74) is 0. The molecule has 2 unspecified atom stereocenters. The van der Waals surface area contributed by atoms with E-state index >= 15 is 0 Å². The molecule has 4 heteroatoms. The summed E-state index contributed by atoms with van der Waals surface area (Å²) in [6, 6.07) is 0.624. The van der Waals surface area contributed by atoms with Crippen LogP contribution in [0, 0.1) is 5.92 Å². The van der Waals surface area contributed by atoms with Crippen LogP contribution < -0.4 is 5.32 Å². The van der Waals surface area contributed by atoms with Crippen molar-refractivity contribution in [2.24, 2.45) is 5.92 Å². The summed E-state index contributed by atoms with van der Waals surface area (Å²) in [4.78, 5) is 2.34. The fourth-order valence-corrected chi connectivity index (χ4v) is 1.77. The van der Waals surface area contributed by atoms with Gasteiger partial charge in [0.1, 0.15) is 0 Å². The van der Waals surface area contributed by atoms with Gasteiger partial charge in [-0.15, -0.1) is 0 Å². The Labute approximate surface area is 112 Å². The van der Waals surface area contributed by atoms with Crippen LogP contribution in [0.15, 0.2) is 0 Å². The molecule has 0 aromatic carbocycles. The second kappa shape index (κ2) is 8.86. The summed E-state index contributed by atoms with van der Waals surface area (Å²) in [7, 11) is 2.14. The highest BCUT2D eigenvalue weighted by atomic mass is 16.5. The fourth-order valence-electron chi connectivity index (χ4n) is 1.77. The van der Waals surface area contributed by atoms with Gasteiger partial charge in [0, 0.05) is 32.3 Å². The molecule has 0 radical (unpaired) electrons. The fraction of sp³-hybridized carbons (Fsp3) is 1.00. The number of nitrogens with one attached hydrogen (secondary N) is 1. The molecule has 0 aliphatic heterocycles. The molecule has 0 aromatic rings. The molecule has 0 amide bonds. The average Bonchev–Trinajstić information content (AvgIpc) is 3.17. The number of aliphatic hydroxyl groups excluding tert-OH is 1. The molecule has 2 atom stereocenters. The Bertz CT molecular complexity index is 210. The minimum atomic E-state index is -0.377. The summed E-state index contributed by atoms with van der Waals surface area (Å²) in [6.07, 6.45) is 3.40. The minimum absolute atomic E-state index is 0.377. The molecule has 108 valence electrons. The number of nitrogens with zero attached hydrogens (tertiary/aromatic N) is 1. The van der Waals surface area contributed by atoms with E-state index < -0.39 is 0 Å². The zero-order valence-corrected chi connectivity index (χ0v) is 12.2. The van der Waals surface area contributed by atoms with Gasteiger partial charge in [0.25, 0.3) is 0 Å². The lowest BCUT2D eigenvalue weighted by Crippen LogP contribution is -2.38. The molecule has 1 saturated carbocycles. The van der Waals surface area contributed by atoms with Crippen LogP contribution >= 0.6 is 0 Å². The Morgan fingerprint density at radius 1 is 1.44 bits per heavy atom. The molecule has 4 nitrogen and oxygen atoms in total. The van der Waals surface area contributed by atoms with E-state index in [2.05, 4.69) is 31.1 Å². The Kier molecular flexibility index (Phi) is 7.82. The lowest BCUT2D eigenvalue weighted by Gasteiger charge is -2.23. The van der Waals surface area contributed by atoms with Crippen molar-refractivity contribution >= 4 is 0 Å². The first kappa shape index (κ1) is 15.9. The van der Waals surface area contributed by atoms with Gasteiger partial charge in [0.15, 0.2) is 0 Å². The van der Waals surface area contributed by atoms with Crippen LogP contribution in [0.1, 0.15) is 33.1 Å². The molecule has 1 fully saturated rings. The number of aliphatic hydroxyl groups is 1. The third kappa shape index (κ3) is 7.31. The molecular formula is C14H30N2O2.